The number of methoxy groups -OCH3 is 1. The van der Waals surface area contributed by atoms with E-state index in [2.05, 4.69) is 41.1 Å². The van der Waals surface area contributed by atoms with Crippen LogP contribution in [0.4, 0.5) is 0 Å². The lowest BCUT2D eigenvalue weighted by Crippen LogP contribution is -2.28. The topological polar surface area (TPSA) is 24.5 Å². The molecule has 0 aromatic heterocycles. The summed E-state index contributed by atoms with van der Waals surface area (Å²) >= 11 is 0. The van der Waals surface area contributed by atoms with E-state index in [1.807, 2.05) is 13.1 Å². The minimum absolute atomic E-state index is 0.752. The molecule has 0 bridgehead atoms. The third-order valence-corrected chi connectivity index (χ3v) is 2.88. The highest BCUT2D eigenvalue weighted by atomic mass is 16.5. The SMILES string of the molecule is C=CCN(CCOC)Cc1ccccc1CNC. The van der Waals surface area contributed by atoms with Crippen molar-refractivity contribution in [1.29, 1.82) is 0 Å². The molecule has 0 spiro atoms. The first-order valence-corrected chi connectivity index (χ1v) is 6.35. The number of rotatable bonds is 9. The predicted molar refractivity (Wildman–Crippen MR) is 76.6 cm³/mol. The van der Waals surface area contributed by atoms with Gasteiger partial charge in [-0.3, -0.25) is 4.90 Å². The number of nitrogens with zero attached hydrogens (tertiary/aromatic N) is 1. The van der Waals surface area contributed by atoms with E-state index >= 15 is 0 Å². The van der Waals surface area contributed by atoms with Crippen LogP contribution in [0.3, 0.4) is 0 Å². The highest BCUT2D eigenvalue weighted by molar-refractivity contribution is 5.27. The van der Waals surface area contributed by atoms with Crippen molar-refractivity contribution in [1.82, 2.24) is 10.2 Å². The Kier molecular flexibility index (Phi) is 7.34. The van der Waals surface area contributed by atoms with Crippen LogP contribution in [0.15, 0.2) is 36.9 Å². The number of nitrogens with one attached hydrogen (secondary N) is 1. The minimum Gasteiger partial charge on any atom is -0.383 e. The van der Waals surface area contributed by atoms with Crippen LogP contribution < -0.4 is 5.32 Å². The lowest BCUT2D eigenvalue weighted by Gasteiger charge is -2.21. The Hall–Kier alpha value is -1.16. The molecule has 0 aliphatic rings. The summed E-state index contributed by atoms with van der Waals surface area (Å²) in [5, 5.41) is 3.21. The van der Waals surface area contributed by atoms with Crippen molar-refractivity contribution in [3.05, 3.63) is 48.0 Å². The van der Waals surface area contributed by atoms with E-state index in [4.69, 9.17) is 4.74 Å². The van der Waals surface area contributed by atoms with Crippen LogP contribution in [-0.2, 0) is 17.8 Å². The maximum Gasteiger partial charge on any atom is 0.0589 e. The number of benzene rings is 1. The molecule has 0 heterocycles. The smallest absolute Gasteiger partial charge is 0.0589 e. The van der Waals surface area contributed by atoms with Gasteiger partial charge < -0.3 is 10.1 Å². The Bertz CT molecular complexity index is 352. The number of ether oxygens (including phenoxy) is 1. The van der Waals surface area contributed by atoms with E-state index in [-0.39, 0.29) is 0 Å². The predicted octanol–water partition coefficient (Wildman–Crippen LogP) is 2.04. The average molecular weight is 248 g/mol. The van der Waals surface area contributed by atoms with E-state index in [1.165, 1.54) is 11.1 Å². The van der Waals surface area contributed by atoms with E-state index in [9.17, 15) is 0 Å². The molecule has 1 N–H and O–H groups in total. The first kappa shape index (κ1) is 14.9. The second-order valence-corrected chi connectivity index (χ2v) is 4.32. The molecular weight excluding hydrogens is 224 g/mol. The van der Waals surface area contributed by atoms with Gasteiger partial charge in [-0.1, -0.05) is 30.3 Å². The normalized spacial score (nSPS) is 10.8. The van der Waals surface area contributed by atoms with Gasteiger partial charge in [-0.05, 0) is 18.2 Å². The zero-order chi connectivity index (χ0) is 13.2. The molecule has 1 rings (SSSR count). The van der Waals surface area contributed by atoms with Gasteiger partial charge in [0.05, 0.1) is 6.61 Å². The Balaban J connectivity index is 2.69. The Morgan fingerprint density at radius 2 is 2.06 bits per heavy atom. The summed E-state index contributed by atoms with van der Waals surface area (Å²) in [5.41, 5.74) is 2.72. The van der Waals surface area contributed by atoms with Crippen LogP contribution in [0.25, 0.3) is 0 Å². The standard InChI is InChI=1S/C15H24N2O/c1-4-9-17(10-11-18-3)13-15-8-6-5-7-14(15)12-16-2/h4-8,16H,1,9-13H2,2-3H3. The monoisotopic (exact) mass is 248 g/mol. The summed E-state index contributed by atoms with van der Waals surface area (Å²) in [6.45, 7) is 8.22. The summed E-state index contributed by atoms with van der Waals surface area (Å²) in [5.74, 6) is 0. The van der Waals surface area contributed by atoms with E-state index < -0.39 is 0 Å². The molecule has 0 unspecified atom stereocenters. The Labute approximate surface area is 110 Å². The first-order chi connectivity index (χ1) is 8.81. The highest BCUT2D eigenvalue weighted by Crippen LogP contribution is 2.11. The molecule has 0 fully saturated rings. The Morgan fingerprint density at radius 1 is 1.33 bits per heavy atom. The molecule has 0 aliphatic heterocycles. The molecule has 0 aliphatic carbocycles. The summed E-state index contributed by atoms with van der Waals surface area (Å²) in [7, 11) is 3.71. The molecule has 0 atom stereocenters. The highest BCUT2D eigenvalue weighted by Gasteiger charge is 2.07. The van der Waals surface area contributed by atoms with Crippen LogP contribution in [0, 0.1) is 0 Å². The fourth-order valence-corrected chi connectivity index (χ4v) is 1.95. The van der Waals surface area contributed by atoms with Crippen LogP contribution in [-0.4, -0.2) is 38.8 Å². The fourth-order valence-electron chi connectivity index (χ4n) is 1.95. The van der Waals surface area contributed by atoms with E-state index in [0.717, 1.165) is 32.8 Å². The molecule has 0 saturated carbocycles. The quantitative estimate of drug-likeness (QED) is 0.677. The van der Waals surface area contributed by atoms with Crippen molar-refractivity contribution in [2.24, 2.45) is 0 Å². The second-order valence-electron chi connectivity index (χ2n) is 4.32. The molecule has 0 amide bonds. The third kappa shape index (κ3) is 5.00. The molecule has 3 nitrogen and oxygen atoms in total. The zero-order valence-electron chi connectivity index (χ0n) is 11.5. The Morgan fingerprint density at radius 3 is 2.67 bits per heavy atom. The maximum absolute atomic E-state index is 5.15. The van der Waals surface area contributed by atoms with Crippen molar-refractivity contribution in [2.45, 2.75) is 13.1 Å². The van der Waals surface area contributed by atoms with Crippen LogP contribution in [0.5, 0.6) is 0 Å². The molecule has 1 aromatic rings. The molecular formula is C15H24N2O. The van der Waals surface area contributed by atoms with Gasteiger partial charge in [-0.2, -0.15) is 0 Å². The molecule has 3 heteroatoms. The average Bonchev–Trinajstić information content (AvgIpc) is 2.39. The van der Waals surface area contributed by atoms with Crippen molar-refractivity contribution in [2.75, 3.05) is 33.9 Å². The summed E-state index contributed by atoms with van der Waals surface area (Å²) in [6.07, 6.45) is 1.94. The second kappa shape index (κ2) is 8.86. The third-order valence-electron chi connectivity index (χ3n) is 2.88. The molecule has 18 heavy (non-hydrogen) atoms. The van der Waals surface area contributed by atoms with Gasteiger partial charge in [0.1, 0.15) is 0 Å². The van der Waals surface area contributed by atoms with Gasteiger partial charge in [0, 0.05) is 33.3 Å². The summed E-state index contributed by atoms with van der Waals surface area (Å²) < 4.78 is 5.15. The lowest BCUT2D eigenvalue weighted by molar-refractivity contribution is 0.151. The first-order valence-electron chi connectivity index (χ1n) is 6.35. The summed E-state index contributed by atoms with van der Waals surface area (Å²) in [4.78, 5) is 2.34. The number of hydrogen-bond donors (Lipinski definition) is 1. The zero-order valence-corrected chi connectivity index (χ0v) is 11.5. The minimum atomic E-state index is 0.752. The maximum atomic E-state index is 5.15. The van der Waals surface area contributed by atoms with Crippen LogP contribution in [0.1, 0.15) is 11.1 Å². The van der Waals surface area contributed by atoms with Gasteiger partial charge in [0.15, 0.2) is 0 Å². The van der Waals surface area contributed by atoms with E-state index in [1.54, 1.807) is 7.11 Å². The lowest BCUT2D eigenvalue weighted by atomic mass is 10.1. The largest absolute Gasteiger partial charge is 0.383 e. The van der Waals surface area contributed by atoms with Gasteiger partial charge >= 0.3 is 0 Å². The van der Waals surface area contributed by atoms with E-state index in [0.29, 0.717) is 0 Å². The molecule has 0 radical (unpaired) electrons. The van der Waals surface area contributed by atoms with Gasteiger partial charge in [-0.15, -0.1) is 6.58 Å². The molecule has 100 valence electrons. The van der Waals surface area contributed by atoms with Crippen molar-refractivity contribution < 1.29 is 4.74 Å². The van der Waals surface area contributed by atoms with Gasteiger partial charge in [-0.25, -0.2) is 0 Å². The molecule has 0 saturated heterocycles. The van der Waals surface area contributed by atoms with Crippen molar-refractivity contribution >= 4 is 0 Å². The van der Waals surface area contributed by atoms with Gasteiger partial charge in [0.25, 0.3) is 0 Å². The fraction of sp³-hybridized carbons (Fsp3) is 0.467. The number of hydrogen-bond acceptors (Lipinski definition) is 3. The summed E-state index contributed by atoms with van der Waals surface area (Å²) in [6, 6.07) is 8.55. The van der Waals surface area contributed by atoms with Gasteiger partial charge in [0.2, 0.25) is 0 Å². The van der Waals surface area contributed by atoms with Crippen LogP contribution in [0.2, 0.25) is 0 Å². The van der Waals surface area contributed by atoms with Crippen molar-refractivity contribution in [3.8, 4) is 0 Å². The van der Waals surface area contributed by atoms with Crippen molar-refractivity contribution in [3.63, 3.8) is 0 Å². The molecule has 1 aromatic carbocycles. The van der Waals surface area contributed by atoms with Crippen LogP contribution >= 0.6 is 0 Å².